The van der Waals surface area contributed by atoms with E-state index in [2.05, 4.69) is 10.1 Å². The number of ether oxygens (including phenoxy) is 1. The standard InChI is InChI=1S/C6H9NO4/c1-4(9)7-5(3-8)6(10)11-2/h3,8H,1-2H3,(H,7,9)/b5-3+. The van der Waals surface area contributed by atoms with Gasteiger partial charge in [-0.2, -0.15) is 0 Å². The Balaban J connectivity index is 4.20. The molecule has 0 saturated heterocycles. The Kier molecular flexibility index (Phi) is 3.72. The van der Waals surface area contributed by atoms with Crippen LogP contribution >= 0.6 is 0 Å². The molecule has 0 aromatic rings. The smallest absolute Gasteiger partial charge is 0.357 e. The van der Waals surface area contributed by atoms with E-state index in [0.717, 1.165) is 7.11 Å². The summed E-state index contributed by atoms with van der Waals surface area (Å²) in [5, 5.41) is 10.5. The van der Waals surface area contributed by atoms with Crippen LogP contribution in [0.1, 0.15) is 6.92 Å². The zero-order chi connectivity index (χ0) is 8.85. The first-order valence-corrected chi connectivity index (χ1v) is 2.82. The molecule has 0 rings (SSSR count). The Morgan fingerprint density at radius 3 is 2.36 bits per heavy atom. The Hall–Kier alpha value is -1.52. The summed E-state index contributed by atoms with van der Waals surface area (Å²) >= 11 is 0. The lowest BCUT2D eigenvalue weighted by Gasteiger charge is -2.02. The fourth-order valence-electron chi connectivity index (χ4n) is 0.436. The first-order valence-electron chi connectivity index (χ1n) is 2.82. The Morgan fingerprint density at radius 1 is 1.55 bits per heavy atom. The van der Waals surface area contributed by atoms with Crippen LogP contribution in [-0.4, -0.2) is 24.1 Å². The van der Waals surface area contributed by atoms with Gasteiger partial charge in [0.2, 0.25) is 5.91 Å². The highest BCUT2D eigenvalue weighted by Crippen LogP contribution is 1.89. The van der Waals surface area contributed by atoms with Gasteiger partial charge in [0, 0.05) is 6.92 Å². The van der Waals surface area contributed by atoms with Crippen molar-refractivity contribution in [2.75, 3.05) is 7.11 Å². The zero-order valence-electron chi connectivity index (χ0n) is 6.25. The van der Waals surface area contributed by atoms with E-state index in [9.17, 15) is 9.59 Å². The molecule has 62 valence electrons. The third-order valence-electron chi connectivity index (χ3n) is 0.845. The monoisotopic (exact) mass is 159 g/mol. The van der Waals surface area contributed by atoms with Gasteiger partial charge in [0.25, 0.3) is 0 Å². The molecule has 11 heavy (non-hydrogen) atoms. The van der Waals surface area contributed by atoms with E-state index in [-0.39, 0.29) is 5.70 Å². The normalized spacial score (nSPS) is 10.5. The Labute approximate surface area is 63.7 Å². The number of rotatable bonds is 2. The van der Waals surface area contributed by atoms with Crippen molar-refractivity contribution >= 4 is 11.9 Å². The molecule has 2 N–H and O–H groups in total. The Morgan fingerprint density at radius 2 is 2.09 bits per heavy atom. The lowest BCUT2D eigenvalue weighted by Crippen LogP contribution is -2.25. The van der Waals surface area contributed by atoms with Gasteiger partial charge in [-0.05, 0) is 0 Å². The molecule has 0 spiro atoms. The lowest BCUT2D eigenvalue weighted by atomic mass is 10.4. The molecule has 0 fully saturated rings. The van der Waals surface area contributed by atoms with Crippen molar-refractivity contribution in [3.8, 4) is 0 Å². The summed E-state index contributed by atoms with van der Waals surface area (Å²) in [6.45, 7) is 1.21. The number of nitrogens with one attached hydrogen (secondary N) is 1. The predicted octanol–water partition coefficient (Wildman–Crippen LogP) is -0.305. The first kappa shape index (κ1) is 9.48. The molecule has 0 saturated carbocycles. The van der Waals surface area contributed by atoms with Crippen molar-refractivity contribution in [3.05, 3.63) is 12.0 Å². The number of aliphatic hydroxyl groups is 1. The van der Waals surface area contributed by atoms with Crippen LogP contribution in [0.5, 0.6) is 0 Å². The number of carbonyl (C=O) groups is 2. The summed E-state index contributed by atoms with van der Waals surface area (Å²) in [6.07, 6.45) is 0.479. The van der Waals surface area contributed by atoms with E-state index in [4.69, 9.17) is 5.11 Å². The molecule has 0 aromatic heterocycles. The number of amides is 1. The van der Waals surface area contributed by atoms with E-state index < -0.39 is 11.9 Å². The molecule has 0 aliphatic heterocycles. The van der Waals surface area contributed by atoms with Gasteiger partial charge in [-0.25, -0.2) is 4.79 Å². The molecule has 0 unspecified atom stereocenters. The van der Waals surface area contributed by atoms with Crippen LogP contribution < -0.4 is 5.32 Å². The quantitative estimate of drug-likeness (QED) is 0.329. The third kappa shape index (κ3) is 3.24. The molecule has 0 radical (unpaired) electrons. The van der Waals surface area contributed by atoms with Gasteiger partial charge in [0.1, 0.15) is 6.26 Å². The van der Waals surface area contributed by atoms with Crippen LogP contribution in [0, 0.1) is 0 Å². The summed E-state index contributed by atoms with van der Waals surface area (Å²) in [6, 6.07) is 0. The first-order chi connectivity index (χ1) is 5.11. The molecule has 0 aliphatic carbocycles. The minimum atomic E-state index is -0.789. The van der Waals surface area contributed by atoms with Crippen LogP contribution in [0.25, 0.3) is 0 Å². The van der Waals surface area contributed by atoms with E-state index in [0.29, 0.717) is 6.26 Å². The number of aliphatic hydroxyl groups excluding tert-OH is 1. The average Bonchev–Trinajstić information content (AvgIpc) is 1.98. The maximum Gasteiger partial charge on any atom is 0.357 e. The maximum absolute atomic E-state index is 10.6. The number of hydrogen-bond donors (Lipinski definition) is 2. The van der Waals surface area contributed by atoms with Gasteiger partial charge in [0.05, 0.1) is 7.11 Å². The van der Waals surface area contributed by atoms with Crippen LogP contribution in [0.4, 0.5) is 0 Å². The third-order valence-corrected chi connectivity index (χ3v) is 0.845. The van der Waals surface area contributed by atoms with E-state index in [1.165, 1.54) is 6.92 Å². The maximum atomic E-state index is 10.6. The summed E-state index contributed by atoms with van der Waals surface area (Å²) in [5.41, 5.74) is -0.278. The van der Waals surface area contributed by atoms with Crippen LogP contribution in [0.15, 0.2) is 12.0 Å². The van der Waals surface area contributed by atoms with Crippen LogP contribution in [0.2, 0.25) is 0 Å². The van der Waals surface area contributed by atoms with E-state index >= 15 is 0 Å². The minimum absolute atomic E-state index is 0.278. The number of methoxy groups -OCH3 is 1. The molecule has 5 nitrogen and oxygen atoms in total. The fourth-order valence-corrected chi connectivity index (χ4v) is 0.436. The van der Waals surface area contributed by atoms with Gasteiger partial charge in [0.15, 0.2) is 5.70 Å². The second-order valence-electron chi connectivity index (χ2n) is 1.72. The summed E-state index contributed by atoms with van der Waals surface area (Å²) in [5.74, 6) is -1.24. The van der Waals surface area contributed by atoms with Gasteiger partial charge >= 0.3 is 5.97 Å². The van der Waals surface area contributed by atoms with Gasteiger partial charge < -0.3 is 15.2 Å². The Bertz CT molecular complexity index is 197. The minimum Gasteiger partial charge on any atom is -0.513 e. The average molecular weight is 159 g/mol. The SMILES string of the molecule is COC(=O)/C(=C\O)NC(C)=O. The molecule has 0 aromatic carbocycles. The number of esters is 1. The summed E-state index contributed by atoms with van der Waals surface area (Å²) in [7, 11) is 1.15. The molecular formula is C6H9NO4. The van der Waals surface area contributed by atoms with E-state index in [1.54, 1.807) is 0 Å². The fraction of sp³-hybridized carbons (Fsp3) is 0.333. The molecule has 0 bridgehead atoms. The van der Waals surface area contributed by atoms with Gasteiger partial charge in [-0.1, -0.05) is 0 Å². The lowest BCUT2D eigenvalue weighted by molar-refractivity contribution is -0.137. The highest BCUT2D eigenvalue weighted by atomic mass is 16.5. The molecule has 0 atom stereocenters. The second kappa shape index (κ2) is 4.32. The molecule has 5 heteroatoms. The van der Waals surface area contributed by atoms with Gasteiger partial charge in [-0.15, -0.1) is 0 Å². The number of carbonyl (C=O) groups excluding carboxylic acids is 2. The summed E-state index contributed by atoms with van der Waals surface area (Å²) < 4.78 is 4.22. The van der Waals surface area contributed by atoms with Crippen LogP contribution in [-0.2, 0) is 14.3 Å². The molecule has 0 aliphatic rings. The largest absolute Gasteiger partial charge is 0.513 e. The molecule has 1 amide bonds. The second-order valence-corrected chi connectivity index (χ2v) is 1.72. The molecular weight excluding hydrogens is 150 g/mol. The topological polar surface area (TPSA) is 75.6 Å². The van der Waals surface area contributed by atoms with E-state index in [1.807, 2.05) is 0 Å². The highest BCUT2D eigenvalue weighted by molar-refractivity contribution is 5.92. The highest BCUT2D eigenvalue weighted by Gasteiger charge is 2.09. The predicted molar refractivity (Wildman–Crippen MR) is 36.5 cm³/mol. The number of hydrogen-bond acceptors (Lipinski definition) is 4. The van der Waals surface area contributed by atoms with Crippen molar-refractivity contribution in [2.45, 2.75) is 6.92 Å². The van der Waals surface area contributed by atoms with Crippen molar-refractivity contribution in [1.82, 2.24) is 5.32 Å². The van der Waals surface area contributed by atoms with Crippen molar-refractivity contribution < 1.29 is 19.4 Å². The zero-order valence-corrected chi connectivity index (χ0v) is 6.25. The van der Waals surface area contributed by atoms with Gasteiger partial charge in [-0.3, -0.25) is 4.79 Å². The van der Waals surface area contributed by atoms with Crippen molar-refractivity contribution in [1.29, 1.82) is 0 Å². The van der Waals surface area contributed by atoms with Crippen LogP contribution in [0.3, 0.4) is 0 Å². The van der Waals surface area contributed by atoms with Crippen molar-refractivity contribution in [3.63, 3.8) is 0 Å². The molecule has 0 heterocycles. The summed E-state index contributed by atoms with van der Waals surface area (Å²) in [4.78, 5) is 21.0. The van der Waals surface area contributed by atoms with Crippen molar-refractivity contribution in [2.24, 2.45) is 0 Å².